The Kier molecular flexibility index (Phi) is 3.93. The molecular formula is C17H14N6O. The van der Waals surface area contributed by atoms with Crippen molar-refractivity contribution in [3.63, 3.8) is 0 Å². The molecule has 0 radical (unpaired) electrons. The second-order valence-corrected chi connectivity index (χ2v) is 5.69. The third kappa shape index (κ3) is 2.37. The van der Waals surface area contributed by atoms with Crippen molar-refractivity contribution < 1.29 is 0 Å². The van der Waals surface area contributed by atoms with E-state index in [0.717, 1.165) is 16.5 Å². The molecule has 118 valence electrons. The van der Waals surface area contributed by atoms with Gasteiger partial charge in [0, 0.05) is 22.7 Å². The summed E-state index contributed by atoms with van der Waals surface area (Å²) in [5.41, 5.74) is 4.00. The molecule has 1 aromatic heterocycles. The van der Waals surface area contributed by atoms with E-state index >= 15 is 0 Å². The van der Waals surface area contributed by atoms with Crippen molar-refractivity contribution in [2.75, 3.05) is 0 Å². The average molecular weight is 318 g/mol. The van der Waals surface area contributed by atoms with Crippen LogP contribution < -0.4 is 0 Å². The van der Waals surface area contributed by atoms with Gasteiger partial charge in [-0.25, -0.2) is 4.85 Å². The van der Waals surface area contributed by atoms with Gasteiger partial charge in [-0.1, -0.05) is 11.2 Å². The van der Waals surface area contributed by atoms with Gasteiger partial charge in [-0.15, -0.1) is 0 Å². The third-order valence-electron chi connectivity index (χ3n) is 4.29. The Labute approximate surface area is 138 Å². The molecular weight excluding hydrogens is 304 g/mol. The van der Waals surface area contributed by atoms with E-state index in [1.807, 2.05) is 25.1 Å². The van der Waals surface area contributed by atoms with Crippen molar-refractivity contribution in [2.24, 2.45) is 16.1 Å². The molecule has 1 aliphatic heterocycles. The van der Waals surface area contributed by atoms with Crippen LogP contribution in [0.15, 0.2) is 39.8 Å². The number of benzene rings is 1. The summed E-state index contributed by atoms with van der Waals surface area (Å²) in [5.74, 6) is -0.865. The molecule has 0 amide bonds. The predicted octanol–water partition coefficient (Wildman–Crippen LogP) is 3.68. The maximum absolute atomic E-state index is 10.6. The molecule has 0 aliphatic carbocycles. The molecule has 1 N–H and O–H groups in total. The number of aliphatic imine (C=N–C) groups is 1. The highest BCUT2D eigenvalue weighted by Gasteiger charge is 2.34. The smallest absolute Gasteiger partial charge is 0.195 e. The summed E-state index contributed by atoms with van der Waals surface area (Å²) in [6.45, 7) is 11.1. The predicted molar refractivity (Wildman–Crippen MR) is 89.8 cm³/mol. The number of aromatic nitrogens is 2. The molecule has 0 spiro atoms. The van der Waals surface area contributed by atoms with Gasteiger partial charge in [-0.05, 0) is 31.5 Å². The second-order valence-electron chi connectivity index (χ2n) is 5.69. The lowest BCUT2D eigenvalue weighted by molar-refractivity contribution is 0.700. The van der Waals surface area contributed by atoms with Gasteiger partial charge in [0.25, 0.3) is 0 Å². The molecule has 2 unspecified atom stereocenters. The van der Waals surface area contributed by atoms with E-state index in [9.17, 15) is 10.2 Å². The van der Waals surface area contributed by atoms with Gasteiger partial charge in [-0.2, -0.15) is 15.3 Å². The summed E-state index contributed by atoms with van der Waals surface area (Å²) >= 11 is 0. The fourth-order valence-electron chi connectivity index (χ4n) is 3.14. The van der Waals surface area contributed by atoms with Crippen LogP contribution in [0, 0.1) is 28.7 Å². The van der Waals surface area contributed by atoms with Crippen molar-refractivity contribution >= 4 is 16.6 Å². The van der Waals surface area contributed by atoms with Crippen LogP contribution in [-0.4, -0.2) is 15.9 Å². The summed E-state index contributed by atoms with van der Waals surface area (Å²) < 4.78 is 0. The number of aromatic amines is 1. The van der Waals surface area contributed by atoms with Crippen LogP contribution in [0.3, 0.4) is 0 Å². The van der Waals surface area contributed by atoms with Gasteiger partial charge in [0.05, 0.1) is 29.8 Å². The first-order valence-corrected chi connectivity index (χ1v) is 7.39. The van der Waals surface area contributed by atoms with Gasteiger partial charge in [0.1, 0.15) is 6.54 Å². The number of nitrogens with zero attached hydrogens (tertiary/aromatic N) is 5. The highest BCUT2D eigenvalue weighted by Crippen LogP contribution is 2.40. The minimum Gasteiger partial charge on any atom is -0.279 e. The zero-order valence-corrected chi connectivity index (χ0v) is 13.2. The minimum atomic E-state index is -0.491. The van der Waals surface area contributed by atoms with E-state index in [2.05, 4.69) is 31.3 Å². The van der Waals surface area contributed by atoms with Crippen molar-refractivity contribution in [3.05, 3.63) is 57.2 Å². The number of nitriles is 1. The van der Waals surface area contributed by atoms with Crippen LogP contribution in [0.5, 0.6) is 0 Å². The molecule has 0 saturated heterocycles. The van der Waals surface area contributed by atoms with Crippen molar-refractivity contribution in [1.82, 2.24) is 10.2 Å². The highest BCUT2D eigenvalue weighted by atomic mass is 16.3. The normalized spacial score (nSPS) is 20.4. The summed E-state index contributed by atoms with van der Waals surface area (Å²) in [5, 5.41) is 20.2. The Morgan fingerprint density at radius 3 is 2.92 bits per heavy atom. The minimum absolute atomic E-state index is 0.00265. The van der Waals surface area contributed by atoms with E-state index in [0.29, 0.717) is 22.8 Å². The van der Waals surface area contributed by atoms with Crippen molar-refractivity contribution in [1.29, 1.82) is 5.26 Å². The molecule has 7 heteroatoms. The molecule has 1 aromatic carbocycles. The molecule has 1 aliphatic rings. The van der Waals surface area contributed by atoms with Crippen molar-refractivity contribution in [2.45, 2.75) is 26.3 Å². The van der Waals surface area contributed by atoms with Crippen LogP contribution in [0.4, 0.5) is 0 Å². The Morgan fingerprint density at radius 2 is 2.25 bits per heavy atom. The van der Waals surface area contributed by atoms with E-state index in [4.69, 9.17) is 6.57 Å². The number of H-pyrrole nitrogens is 1. The van der Waals surface area contributed by atoms with Gasteiger partial charge < -0.3 is 0 Å². The molecule has 0 fully saturated rings. The summed E-state index contributed by atoms with van der Waals surface area (Å²) in [4.78, 5) is 18.6. The lowest BCUT2D eigenvalue weighted by atomic mass is 9.79. The van der Waals surface area contributed by atoms with E-state index in [1.54, 1.807) is 6.92 Å². The maximum atomic E-state index is 10.6. The Bertz CT molecular complexity index is 969. The number of hydrogen-bond donors (Lipinski definition) is 1. The molecule has 3 rings (SSSR count). The molecule has 2 atom stereocenters. The maximum Gasteiger partial charge on any atom is 0.195 e. The zero-order valence-electron chi connectivity index (χ0n) is 13.2. The molecule has 0 saturated carbocycles. The van der Waals surface area contributed by atoms with Crippen LogP contribution in [0.1, 0.15) is 31.0 Å². The van der Waals surface area contributed by atoms with E-state index < -0.39 is 5.92 Å². The molecule has 2 aromatic rings. The van der Waals surface area contributed by atoms with Gasteiger partial charge in [0.15, 0.2) is 5.70 Å². The lowest BCUT2D eigenvalue weighted by Crippen LogP contribution is -2.24. The first-order chi connectivity index (χ1) is 11.6. The topological polar surface area (TPSA) is 98.6 Å². The lowest BCUT2D eigenvalue weighted by Gasteiger charge is -2.26. The molecule has 24 heavy (non-hydrogen) atoms. The van der Waals surface area contributed by atoms with E-state index in [-0.39, 0.29) is 12.5 Å². The third-order valence-corrected chi connectivity index (χ3v) is 4.29. The average Bonchev–Trinajstić information content (AvgIpc) is 2.97. The van der Waals surface area contributed by atoms with Crippen LogP contribution in [-0.2, 0) is 6.54 Å². The van der Waals surface area contributed by atoms with Gasteiger partial charge in [0.2, 0.25) is 0 Å². The number of nitroso groups, excluding NO2 is 1. The van der Waals surface area contributed by atoms with Gasteiger partial charge >= 0.3 is 0 Å². The van der Waals surface area contributed by atoms with Gasteiger partial charge in [-0.3, -0.25) is 10.1 Å². The largest absolute Gasteiger partial charge is 0.279 e. The first-order valence-electron chi connectivity index (χ1n) is 7.39. The Hall–Kier alpha value is -3.32. The highest BCUT2D eigenvalue weighted by molar-refractivity contribution is 5.91. The van der Waals surface area contributed by atoms with Crippen LogP contribution in [0.2, 0.25) is 0 Å². The fourth-order valence-corrected chi connectivity index (χ4v) is 3.14. The quantitative estimate of drug-likeness (QED) is 0.690. The van der Waals surface area contributed by atoms with E-state index in [1.165, 1.54) is 0 Å². The summed E-state index contributed by atoms with van der Waals surface area (Å²) in [6.07, 6.45) is 0. The van der Waals surface area contributed by atoms with Crippen LogP contribution in [0.25, 0.3) is 15.7 Å². The molecule has 0 bridgehead atoms. The SMILES string of the molecule is [C-]#[N+]C1=C(C)N=C(C)C(C#N)C1c1ccc2n[nH]c(CN=O)c2c1. The zero-order chi connectivity index (χ0) is 17.3. The second kappa shape index (κ2) is 6.05. The fraction of sp³-hybridized carbons (Fsp3) is 0.294. The monoisotopic (exact) mass is 318 g/mol. The molecule has 2 heterocycles. The number of fused-ring (bicyclic) bond motifs is 1. The Morgan fingerprint density at radius 1 is 1.46 bits per heavy atom. The summed E-state index contributed by atoms with van der Waals surface area (Å²) in [6, 6.07) is 7.84. The molecule has 7 nitrogen and oxygen atoms in total. The summed E-state index contributed by atoms with van der Waals surface area (Å²) in [7, 11) is 0. The number of hydrogen-bond acceptors (Lipinski definition) is 5. The number of rotatable bonds is 3. The first kappa shape index (κ1) is 15.6. The number of nitrogens with one attached hydrogen (secondary N) is 1. The van der Waals surface area contributed by atoms with Crippen molar-refractivity contribution in [3.8, 4) is 6.07 Å². The standard InChI is InChI=1S/C17H14N6O/c1-9-13(7-18)16(17(19-3)10(2)21-9)11-4-5-14-12(6-11)15(8-20-24)23-22-14/h4-6,13,16H,8H2,1-2H3,(H,22,23). The Balaban J connectivity index is 2.19. The van der Waals surface area contributed by atoms with Crippen LogP contribution >= 0.6 is 0 Å². The number of allylic oxidation sites excluding steroid dienone is 2.